The maximum absolute atomic E-state index is 11.3. The van der Waals surface area contributed by atoms with Crippen molar-refractivity contribution >= 4 is 17.9 Å². The quantitative estimate of drug-likeness (QED) is 0.658. The number of nitrogens with zero attached hydrogens (tertiary/aromatic N) is 3. The molecular formula is C11H17N5O4. The summed E-state index contributed by atoms with van der Waals surface area (Å²) in [4.78, 5) is 32.9. The fourth-order valence-corrected chi connectivity index (χ4v) is 1.67. The predicted molar refractivity (Wildman–Crippen MR) is 67.9 cm³/mol. The molecule has 4 N–H and O–H groups in total. The maximum Gasteiger partial charge on any atom is 0.358 e. The van der Waals surface area contributed by atoms with Crippen molar-refractivity contribution < 1.29 is 19.5 Å². The number of imide groups is 1. The van der Waals surface area contributed by atoms with Crippen molar-refractivity contribution in [2.24, 2.45) is 11.7 Å². The molecule has 0 bridgehead atoms. The molecule has 0 aromatic carbocycles. The van der Waals surface area contributed by atoms with Gasteiger partial charge in [0.05, 0.1) is 12.2 Å². The highest BCUT2D eigenvalue weighted by Crippen LogP contribution is 2.12. The van der Waals surface area contributed by atoms with E-state index < -0.39 is 17.9 Å². The van der Waals surface area contributed by atoms with E-state index in [4.69, 9.17) is 10.8 Å². The first-order chi connectivity index (χ1) is 9.31. The number of hydrogen-bond donors (Lipinski definition) is 3. The van der Waals surface area contributed by atoms with Crippen molar-refractivity contribution in [1.82, 2.24) is 20.3 Å². The Morgan fingerprint density at radius 1 is 1.40 bits per heavy atom. The van der Waals surface area contributed by atoms with Crippen LogP contribution in [0.25, 0.3) is 0 Å². The van der Waals surface area contributed by atoms with E-state index in [9.17, 15) is 14.4 Å². The SMILES string of the molecule is CC(C)Cc1c(C(=O)O)nnn1CCC(=O)NC(N)=O. The van der Waals surface area contributed by atoms with E-state index in [0.717, 1.165) is 0 Å². The van der Waals surface area contributed by atoms with Crippen LogP contribution in [0.2, 0.25) is 0 Å². The zero-order valence-corrected chi connectivity index (χ0v) is 11.3. The fourth-order valence-electron chi connectivity index (χ4n) is 1.67. The molecule has 1 heterocycles. The van der Waals surface area contributed by atoms with Crippen molar-refractivity contribution in [3.05, 3.63) is 11.4 Å². The zero-order valence-electron chi connectivity index (χ0n) is 11.3. The third-order valence-corrected chi connectivity index (χ3v) is 2.46. The van der Waals surface area contributed by atoms with E-state index in [1.165, 1.54) is 4.68 Å². The number of rotatable bonds is 6. The molecule has 0 aliphatic heterocycles. The maximum atomic E-state index is 11.3. The zero-order chi connectivity index (χ0) is 15.3. The topological polar surface area (TPSA) is 140 Å². The lowest BCUT2D eigenvalue weighted by Crippen LogP contribution is -2.35. The highest BCUT2D eigenvalue weighted by molar-refractivity contribution is 5.93. The summed E-state index contributed by atoms with van der Waals surface area (Å²) in [6.07, 6.45) is 0.433. The first-order valence-electron chi connectivity index (χ1n) is 6.06. The number of nitrogens with one attached hydrogen (secondary N) is 1. The van der Waals surface area contributed by atoms with Gasteiger partial charge >= 0.3 is 12.0 Å². The lowest BCUT2D eigenvalue weighted by molar-refractivity contribution is -0.120. The minimum absolute atomic E-state index is 0.0452. The molecule has 1 aromatic heterocycles. The van der Waals surface area contributed by atoms with Crippen molar-refractivity contribution in [2.75, 3.05) is 0 Å². The van der Waals surface area contributed by atoms with Gasteiger partial charge in [0.1, 0.15) is 0 Å². The van der Waals surface area contributed by atoms with Crippen LogP contribution in [0.1, 0.15) is 36.5 Å². The van der Waals surface area contributed by atoms with Crippen molar-refractivity contribution in [2.45, 2.75) is 33.2 Å². The van der Waals surface area contributed by atoms with Gasteiger partial charge in [0.15, 0.2) is 5.69 Å². The Hall–Kier alpha value is -2.45. The number of aromatic nitrogens is 3. The minimum Gasteiger partial charge on any atom is -0.476 e. The lowest BCUT2D eigenvalue weighted by Gasteiger charge is -2.08. The smallest absolute Gasteiger partial charge is 0.358 e. The van der Waals surface area contributed by atoms with E-state index in [1.54, 1.807) is 0 Å². The molecule has 0 saturated carbocycles. The predicted octanol–water partition coefficient (Wildman–Crippen LogP) is -0.240. The summed E-state index contributed by atoms with van der Waals surface area (Å²) in [6, 6.07) is -0.929. The third kappa shape index (κ3) is 4.34. The average molecular weight is 283 g/mol. The second-order valence-electron chi connectivity index (χ2n) is 4.67. The monoisotopic (exact) mass is 283 g/mol. The molecule has 0 saturated heterocycles. The number of urea groups is 1. The fraction of sp³-hybridized carbons (Fsp3) is 0.545. The summed E-state index contributed by atoms with van der Waals surface area (Å²) in [6.45, 7) is 3.99. The second kappa shape index (κ2) is 6.64. The molecule has 0 aliphatic carbocycles. The van der Waals surface area contributed by atoms with Crippen LogP contribution in [0.5, 0.6) is 0 Å². The van der Waals surface area contributed by atoms with Crippen LogP contribution in [0.4, 0.5) is 4.79 Å². The Bertz CT molecular complexity index is 523. The number of carboxylic acids is 1. The molecule has 0 spiro atoms. The molecular weight excluding hydrogens is 266 g/mol. The summed E-state index contributed by atoms with van der Waals surface area (Å²) in [7, 11) is 0. The molecule has 9 heteroatoms. The number of carbonyl (C=O) groups is 3. The molecule has 110 valence electrons. The highest BCUT2D eigenvalue weighted by Gasteiger charge is 2.20. The summed E-state index contributed by atoms with van der Waals surface area (Å²) in [5, 5.41) is 18.3. The van der Waals surface area contributed by atoms with Gasteiger partial charge in [-0.1, -0.05) is 19.1 Å². The minimum atomic E-state index is -1.16. The summed E-state index contributed by atoms with van der Waals surface area (Å²) in [5.74, 6) is -1.50. The molecule has 0 radical (unpaired) electrons. The summed E-state index contributed by atoms with van der Waals surface area (Å²) in [5.41, 5.74) is 5.16. The number of carboxylic acid groups (broad SMARTS) is 1. The Kier molecular flexibility index (Phi) is 5.18. The number of aryl methyl sites for hydroxylation is 1. The summed E-state index contributed by atoms with van der Waals surface area (Å²) < 4.78 is 1.37. The molecule has 3 amide bonds. The van der Waals surface area contributed by atoms with Gasteiger partial charge in [0, 0.05) is 6.42 Å². The van der Waals surface area contributed by atoms with Gasteiger partial charge in [-0.25, -0.2) is 14.3 Å². The van der Waals surface area contributed by atoms with Gasteiger partial charge in [0.2, 0.25) is 5.91 Å². The second-order valence-corrected chi connectivity index (χ2v) is 4.67. The van der Waals surface area contributed by atoms with Crippen LogP contribution in [0.15, 0.2) is 0 Å². The van der Waals surface area contributed by atoms with E-state index in [1.807, 2.05) is 19.2 Å². The standard InChI is InChI=1S/C11H17N5O4/c1-6(2)5-7-9(10(18)19)14-15-16(7)4-3-8(17)13-11(12)20/h6H,3-5H2,1-2H3,(H,18,19)(H3,12,13,17,20). The molecule has 0 atom stereocenters. The van der Waals surface area contributed by atoms with Gasteiger partial charge < -0.3 is 10.8 Å². The van der Waals surface area contributed by atoms with Gasteiger partial charge in [-0.3, -0.25) is 10.1 Å². The Balaban J connectivity index is 2.81. The first kappa shape index (κ1) is 15.6. The van der Waals surface area contributed by atoms with E-state index in [2.05, 4.69) is 10.3 Å². The van der Waals surface area contributed by atoms with E-state index in [-0.39, 0.29) is 24.6 Å². The molecule has 9 nitrogen and oxygen atoms in total. The number of hydrogen-bond acceptors (Lipinski definition) is 5. The number of amides is 3. The van der Waals surface area contributed by atoms with Crippen LogP contribution in [-0.2, 0) is 17.8 Å². The Labute approximate surface area is 115 Å². The number of aromatic carboxylic acids is 1. The Morgan fingerprint density at radius 3 is 2.55 bits per heavy atom. The average Bonchev–Trinajstić information content (AvgIpc) is 2.67. The van der Waals surface area contributed by atoms with Crippen LogP contribution in [0, 0.1) is 5.92 Å². The van der Waals surface area contributed by atoms with Gasteiger partial charge in [-0.2, -0.15) is 0 Å². The van der Waals surface area contributed by atoms with E-state index >= 15 is 0 Å². The largest absolute Gasteiger partial charge is 0.476 e. The highest BCUT2D eigenvalue weighted by atomic mass is 16.4. The molecule has 1 aromatic rings. The third-order valence-electron chi connectivity index (χ3n) is 2.46. The van der Waals surface area contributed by atoms with Crippen LogP contribution >= 0.6 is 0 Å². The van der Waals surface area contributed by atoms with Gasteiger partial charge in [-0.05, 0) is 12.3 Å². The van der Waals surface area contributed by atoms with Gasteiger partial charge in [-0.15, -0.1) is 5.10 Å². The van der Waals surface area contributed by atoms with Gasteiger partial charge in [0.25, 0.3) is 0 Å². The molecule has 20 heavy (non-hydrogen) atoms. The van der Waals surface area contributed by atoms with Crippen molar-refractivity contribution in [1.29, 1.82) is 0 Å². The van der Waals surface area contributed by atoms with Crippen LogP contribution in [-0.4, -0.2) is 38.0 Å². The van der Waals surface area contributed by atoms with E-state index in [0.29, 0.717) is 12.1 Å². The van der Waals surface area contributed by atoms with Crippen molar-refractivity contribution in [3.63, 3.8) is 0 Å². The number of nitrogens with two attached hydrogens (primary N) is 1. The summed E-state index contributed by atoms with van der Waals surface area (Å²) >= 11 is 0. The molecule has 0 aliphatic rings. The van der Waals surface area contributed by atoms with Crippen molar-refractivity contribution in [3.8, 4) is 0 Å². The molecule has 0 fully saturated rings. The van der Waals surface area contributed by atoms with Crippen LogP contribution < -0.4 is 11.1 Å². The number of primary amides is 1. The lowest BCUT2D eigenvalue weighted by atomic mass is 10.1. The number of carbonyl (C=O) groups excluding carboxylic acids is 2. The Morgan fingerprint density at radius 2 is 2.05 bits per heavy atom. The normalized spacial score (nSPS) is 10.6. The molecule has 1 rings (SSSR count). The first-order valence-corrected chi connectivity index (χ1v) is 6.06. The molecule has 0 unspecified atom stereocenters. The van der Waals surface area contributed by atoms with Crippen LogP contribution in [0.3, 0.4) is 0 Å².